The molecule has 0 saturated heterocycles. The number of methoxy groups -OCH3 is 1. The van der Waals surface area contributed by atoms with Crippen LogP contribution < -0.4 is 31.3 Å². The van der Waals surface area contributed by atoms with Crippen molar-refractivity contribution in [2.75, 3.05) is 59.5 Å². The van der Waals surface area contributed by atoms with Crippen molar-refractivity contribution >= 4 is 28.5 Å². The Morgan fingerprint density at radius 1 is 0.636 bits per heavy atom. The zero-order chi connectivity index (χ0) is 32.1. The average Bonchev–Trinajstić information content (AvgIpc) is 2.99. The second kappa shape index (κ2) is 28.1. The minimum absolute atomic E-state index is 0.0434. The van der Waals surface area contributed by atoms with Crippen LogP contribution in [0.4, 0.5) is 13.2 Å². The first kappa shape index (κ1) is 40.9. The molecule has 0 spiro atoms. The lowest BCUT2D eigenvalue weighted by molar-refractivity contribution is -0.173. The van der Waals surface area contributed by atoms with Gasteiger partial charge in [0.25, 0.3) is 0 Å². The summed E-state index contributed by atoms with van der Waals surface area (Å²) in [7, 11) is 1.73. The van der Waals surface area contributed by atoms with E-state index in [-0.39, 0.29) is 6.54 Å². The highest BCUT2D eigenvalue weighted by atomic mass is 127. The molecule has 0 fully saturated rings. The van der Waals surface area contributed by atoms with Gasteiger partial charge in [-0.15, -0.1) is 0 Å². The predicted octanol–water partition coefficient (Wildman–Crippen LogP) is 6.69. The van der Waals surface area contributed by atoms with E-state index in [9.17, 15) is 18.0 Å². The van der Waals surface area contributed by atoms with E-state index in [1.54, 1.807) is 7.11 Å². The van der Waals surface area contributed by atoms with Gasteiger partial charge in [0.05, 0.1) is 7.11 Å². The number of nitrogens with one attached hydrogen (secondary N) is 5. The standard InChI is InChI=1S/C33H59F3IN5O2/c1-44-31-18-17-30(37)27-29(31)28-41-24-15-9-8-13-22-39-20-11-5-3-2-4-10-19-38-21-12-6-7-14-23-40-25-16-26-42-32(43)33(34,35)36/h17-18,27,38-41H,2-16,19-26,28H2,1H3,(H,42,43). The van der Waals surface area contributed by atoms with Crippen LogP contribution in [0.15, 0.2) is 18.2 Å². The van der Waals surface area contributed by atoms with Crippen LogP contribution in [0.3, 0.4) is 0 Å². The quantitative estimate of drug-likeness (QED) is 0.0447. The second-order valence-electron chi connectivity index (χ2n) is 11.4. The maximum atomic E-state index is 12.1. The van der Waals surface area contributed by atoms with E-state index in [4.69, 9.17) is 4.74 Å². The van der Waals surface area contributed by atoms with Gasteiger partial charge in [-0.3, -0.25) is 4.79 Å². The Kier molecular flexibility index (Phi) is 26.1. The van der Waals surface area contributed by atoms with Gasteiger partial charge in [0.1, 0.15) is 5.75 Å². The minimum atomic E-state index is -4.79. The highest BCUT2D eigenvalue weighted by Gasteiger charge is 2.38. The highest BCUT2D eigenvalue weighted by molar-refractivity contribution is 14.1. The number of benzene rings is 1. The van der Waals surface area contributed by atoms with Crippen LogP contribution in [0, 0.1) is 3.57 Å². The lowest BCUT2D eigenvalue weighted by Crippen LogP contribution is -2.38. The lowest BCUT2D eigenvalue weighted by Gasteiger charge is -2.10. The summed E-state index contributed by atoms with van der Waals surface area (Å²) >= 11 is 2.34. The van der Waals surface area contributed by atoms with Crippen LogP contribution in [-0.4, -0.2) is 71.6 Å². The molecule has 0 aliphatic rings. The molecule has 256 valence electrons. The smallest absolute Gasteiger partial charge is 0.471 e. The molecule has 0 saturated carbocycles. The third-order valence-corrected chi connectivity index (χ3v) is 8.17. The van der Waals surface area contributed by atoms with Crippen molar-refractivity contribution in [1.29, 1.82) is 0 Å². The summed E-state index contributed by atoms with van der Waals surface area (Å²) in [5.74, 6) is -0.902. The third-order valence-electron chi connectivity index (χ3n) is 7.50. The molecule has 0 radical (unpaired) electrons. The van der Waals surface area contributed by atoms with E-state index in [1.807, 2.05) is 11.4 Å². The van der Waals surface area contributed by atoms with Crippen LogP contribution in [0.5, 0.6) is 5.75 Å². The molecule has 0 unspecified atom stereocenters. The molecule has 0 aliphatic heterocycles. The topological polar surface area (TPSA) is 86.4 Å². The molecule has 0 bridgehead atoms. The highest BCUT2D eigenvalue weighted by Crippen LogP contribution is 2.20. The van der Waals surface area contributed by atoms with Gasteiger partial charge in [0, 0.05) is 22.2 Å². The summed E-state index contributed by atoms with van der Waals surface area (Å²) in [6, 6.07) is 6.30. The summed E-state index contributed by atoms with van der Waals surface area (Å²) in [5.41, 5.74) is 1.23. The maximum Gasteiger partial charge on any atom is 0.471 e. The van der Waals surface area contributed by atoms with Crippen molar-refractivity contribution in [3.8, 4) is 5.75 Å². The second-order valence-corrected chi connectivity index (χ2v) is 12.7. The number of alkyl halides is 3. The number of hydrogen-bond acceptors (Lipinski definition) is 6. The van der Waals surface area contributed by atoms with E-state index in [1.165, 1.54) is 86.2 Å². The molecule has 1 aromatic rings. The van der Waals surface area contributed by atoms with Crippen LogP contribution in [-0.2, 0) is 11.3 Å². The molecule has 0 aromatic heterocycles. The van der Waals surface area contributed by atoms with Gasteiger partial charge < -0.3 is 31.3 Å². The first-order chi connectivity index (χ1) is 21.3. The van der Waals surface area contributed by atoms with Crippen molar-refractivity contribution in [1.82, 2.24) is 26.6 Å². The molecule has 0 heterocycles. The number of rotatable bonds is 30. The summed E-state index contributed by atoms with van der Waals surface area (Å²) in [6.45, 7) is 7.87. The van der Waals surface area contributed by atoms with Crippen molar-refractivity contribution < 1.29 is 22.7 Å². The fourth-order valence-electron chi connectivity index (χ4n) is 4.91. The van der Waals surface area contributed by atoms with Crippen molar-refractivity contribution in [2.24, 2.45) is 0 Å². The fraction of sp³-hybridized carbons (Fsp3) is 0.788. The van der Waals surface area contributed by atoms with Gasteiger partial charge in [-0.2, -0.15) is 13.2 Å². The number of amides is 1. The van der Waals surface area contributed by atoms with Gasteiger partial charge in [0.15, 0.2) is 0 Å². The lowest BCUT2D eigenvalue weighted by atomic mass is 10.1. The number of unbranched alkanes of at least 4 members (excludes halogenated alkanes) is 11. The SMILES string of the molecule is COc1ccc(I)cc1CNCCCCCCNCCCCCCCCNCCCCCCNCCCNC(=O)C(F)(F)F. The normalized spacial score (nSPS) is 11.7. The van der Waals surface area contributed by atoms with Crippen LogP contribution in [0.2, 0.25) is 0 Å². The minimum Gasteiger partial charge on any atom is -0.496 e. The predicted molar refractivity (Wildman–Crippen MR) is 184 cm³/mol. The number of ether oxygens (including phenoxy) is 1. The van der Waals surface area contributed by atoms with E-state index in [2.05, 4.69) is 56.0 Å². The Morgan fingerprint density at radius 3 is 1.48 bits per heavy atom. The summed E-state index contributed by atoms with van der Waals surface area (Å²) in [5, 5.41) is 15.8. The van der Waals surface area contributed by atoms with E-state index in [0.717, 1.165) is 64.4 Å². The van der Waals surface area contributed by atoms with Crippen molar-refractivity contribution in [3.05, 3.63) is 27.3 Å². The molecule has 5 N–H and O–H groups in total. The molecule has 1 rings (SSSR count). The Labute approximate surface area is 278 Å². The summed E-state index contributed by atoms with van der Waals surface area (Å²) in [6.07, 6.45) is 13.1. The average molecular weight is 742 g/mol. The van der Waals surface area contributed by atoms with Gasteiger partial charge in [0.2, 0.25) is 0 Å². The summed E-state index contributed by atoms with van der Waals surface area (Å²) in [4.78, 5) is 10.7. The van der Waals surface area contributed by atoms with Gasteiger partial charge in [-0.1, -0.05) is 51.4 Å². The number of hydrogen-bond donors (Lipinski definition) is 5. The molecule has 1 aromatic carbocycles. The zero-order valence-electron chi connectivity index (χ0n) is 27.0. The van der Waals surface area contributed by atoms with E-state index in [0.29, 0.717) is 13.0 Å². The van der Waals surface area contributed by atoms with Gasteiger partial charge in [-0.05, 0) is 132 Å². The first-order valence-corrected chi connectivity index (χ1v) is 17.9. The third kappa shape index (κ3) is 24.1. The first-order valence-electron chi connectivity index (χ1n) is 16.8. The zero-order valence-corrected chi connectivity index (χ0v) is 29.2. The van der Waals surface area contributed by atoms with Gasteiger partial charge >= 0.3 is 12.1 Å². The van der Waals surface area contributed by atoms with Crippen molar-refractivity contribution in [2.45, 2.75) is 109 Å². The summed E-state index contributed by atoms with van der Waals surface area (Å²) < 4.78 is 42.9. The molecule has 11 heteroatoms. The molecule has 0 aliphatic carbocycles. The number of halogens is 4. The fourth-order valence-corrected chi connectivity index (χ4v) is 5.47. The molecule has 44 heavy (non-hydrogen) atoms. The maximum absolute atomic E-state index is 12.1. The molecular weight excluding hydrogens is 682 g/mol. The van der Waals surface area contributed by atoms with E-state index < -0.39 is 12.1 Å². The Morgan fingerprint density at radius 2 is 1.05 bits per heavy atom. The van der Waals surface area contributed by atoms with Crippen molar-refractivity contribution in [3.63, 3.8) is 0 Å². The molecule has 0 atom stereocenters. The number of carbonyl (C=O) groups is 1. The molecule has 7 nitrogen and oxygen atoms in total. The molecular formula is C33H59F3IN5O2. The van der Waals surface area contributed by atoms with Crippen LogP contribution in [0.1, 0.15) is 102 Å². The van der Waals surface area contributed by atoms with Crippen LogP contribution in [0.25, 0.3) is 0 Å². The van der Waals surface area contributed by atoms with Crippen LogP contribution >= 0.6 is 22.6 Å². The monoisotopic (exact) mass is 741 g/mol. The Bertz CT molecular complexity index is 833. The number of carbonyl (C=O) groups excluding carboxylic acids is 1. The molecule has 1 amide bonds. The van der Waals surface area contributed by atoms with E-state index >= 15 is 0 Å². The Hall–Kier alpha value is -1.15. The Balaban J connectivity index is 1.70. The largest absolute Gasteiger partial charge is 0.496 e. The van der Waals surface area contributed by atoms with Gasteiger partial charge in [-0.25, -0.2) is 0 Å².